The van der Waals surface area contributed by atoms with E-state index >= 15 is 0 Å². The van der Waals surface area contributed by atoms with Crippen LogP contribution in [0.3, 0.4) is 0 Å². The molecule has 0 amide bonds. The van der Waals surface area contributed by atoms with E-state index in [4.69, 9.17) is 4.74 Å². The highest BCUT2D eigenvalue weighted by atomic mass is 32.2. The fourth-order valence-electron chi connectivity index (χ4n) is 7.73. The Morgan fingerprint density at radius 3 is 1.53 bits per heavy atom. The Labute approximate surface area is 322 Å². The maximum absolute atomic E-state index is 13.4. The van der Waals surface area contributed by atoms with Crippen molar-refractivity contribution in [2.45, 2.75) is 33.4 Å². The molecule has 15 heteroatoms. The van der Waals surface area contributed by atoms with Crippen molar-refractivity contribution < 1.29 is 30.0 Å². The number of fused-ring (bicyclic) bond motifs is 4. The van der Waals surface area contributed by atoms with Crippen molar-refractivity contribution >= 4 is 52.8 Å². The van der Waals surface area contributed by atoms with Gasteiger partial charge < -0.3 is 14.5 Å². The van der Waals surface area contributed by atoms with Crippen LogP contribution in [0.2, 0.25) is 0 Å². The van der Waals surface area contributed by atoms with Gasteiger partial charge in [-0.05, 0) is 79.0 Å². The van der Waals surface area contributed by atoms with E-state index in [1.807, 2.05) is 60.7 Å². The molecule has 0 radical (unpaired) electrons. The van der Waals surface area contributed by atoms with Crippen LogP contribution in [0.1, 0.15) is 33.7 Å². The van der Waals surface area contributed by atoms with Crippen LogP contribution in [0.15, 0.2) is 112 Å². The molecule has 0 saturated carbocycles. The van der Waals surface area contributed by atoms with Crippen LogP contribution in [-0.4, -0.2) is 82.2 Å². The van der Waals surface area contributed by atoms with Crippen LogP contribution in [0.5, 0.6) is 11.5 Å². The Balaban J connectivity index is 1.25. The fourth-order valence-corrected chi connectivity index (χ4v) is 10.5. The molecular formula is C40H41N5O7S3. The largest absolute Gasteiger partial charge is 0.457 e. The zero-order valence-corrected chi connectivity index (χ0v) is 33.5. The first kappa shape index (κ1) is 37.2. The van der Waals surface area contributed by atoms with Crippen molar-refractivity contribution in [2.24, 2.45) is 0 Å². The Bertz CT molecular complexity index is 2570. The molecule has 0 spiro atoms. The number of nitrogens with one attached hydrogen (secondary N) is 1. The second-order valence-corrected chi connectivity index (χ2v) is 20.3. The maximum Gasteiger partial charge on any atom is 0.242 e. The first-order valence-electron chi connectivity index (χ1n) is 17.8. The summed E-state index contributed by atoms with van der Waals surface area (Å²) in [4.78, 5) is 4.72. The molecule has 3 aliphatic heterocycles. The molecule has 5 aromatic carbocycles. The fraction of sp³-hybridized carbons (Fsp3) is 0.250. The number of hydrogen-bond donors (Lipinski definition) is 1. The van der Waals surface area contributed by atoms with E-state index in [1.165, 1.54) is 43.8 Å². The van der Waals surface area contributed by atoms with E-state index in [-0.39, 0.29) is 14.7 Å². The minimum Gasteiger partial charge on any atom is -0.457 e. The highest BCUT2D eigenvalue weighted by Crippen LogP contribution is 2.52. The van der Waals surface area contributed by atoms with Crippen LogP contribution in [0.25, 0.3) is 0 Å². The molecule has 0 atom stereocenters. The summed E-state index contributed by atoms with van der Waals surface area (Å²) in [6.45, 7) is 1.26. The van der Waals surface area contributed by atoms with Gasteiger partial charge >= 0.3 is 0 Å². The van der Waals surface area contributed by atoms with Gasteiger partial charge in [-0.2, -0.15) is 0 Å². The highest BCUT2D eigenvalue weighted by Gasteiger charge is 2.35. The average Bonchev–Trinajstić information content (AvgIpc) is 3.80. The molecule has 0 aromatic heterocycles. The Morgan fingerprint density at radius 1 is 0.600 bits per heavy atom. The lowest BCUT2D eigenvalue weighted by molar-refractivity contribution is 0.452. The van der Waals surface area contributed by atoms with Gasteiger partial charge in [0.1, 0.15) is 11.5 Å². The summed E-state index contributed by atoms with van der Waals surface area (Å²) in [5.41, 5.74) is 7.39. The van der Waals surface area contributed by atoms with Gasteiger partial charge in [0.05, 0.1) is 14.7 Å². The SMILES string of the molecule is CNS(=O)(=O)c1ccccc1C1c2ccc(N3CCc4ccc(S(=O)(=O)N(C)C)cc43)cc2Oc2cc(N3CCc4ccc(S(=O)(=O)N(C)C)cc43)ccc21. The summed E-state index contributed by atoms with van der Waals surface area (Å²) < 4.78 is 90.7. The normalized spacial score (nSPS) is 15.5. The van der Waals surface area contributed by atoms with Crippen LogP contribution in [0, 0.1) is 0 Å². The number of ether oxygens (including phenoxy) is 1. The van der Waals surface area contributed by atoms with Crippen molar-refractivity contribution in [2.75, 3.05) is 58.1 Å². The van der Waals surface area contributed by atoms with E-state index in [2.05, 4.69) is 14.5 Å². The van der Waals surface area contributed by atoms with Gasteiger partial charge in [0.15, 0.2) is 0 Å². The predicted octanol–water partition coefficient (Wildman–Crippen LogP) is 5.77. The minimum atomic E-state index is -3.85. The smallest absolute Gasteiger partial charge is 0.242 e. The lowest BCUT2D eigenvalue weighted by Crippen LogP contribution is -2.23. The molecule has 0 aliphatic carbocycles. The minimum absolute atomic E-state index is 0.153. The van der Waals surface area contributed by atoms with Gasteiger partial charge in [-0.25, -0.2) is 38.6 Å². The first-order valence-corrected chi connectivity index (χ1v) is 22.1. The zero-order valence-electron chi connectivity index (χ0n) is 31.0. The van der Waals surface area contributed by atoms with Crippen molar-refractivity contribution in [3.63, 3.8) is 0 Å². The van der Waals surface area contributed by atoms with Gasteiger partial charge in [0.25, 0.3) is 0 Å². The molecule has 0 fully saturated rings. The molecule has 3 heterocycles. The van der Waals surface area contributed by atoms with Gasteiger partial charge in [0.2, 0.25) is 30.1 Å². The molecule has 0 unspecified atom stereocenters. The quantitative estimate of drug-likeness (QED) is 0.193. The van der Waals surface area contributed by atoms with E-state index in [0.717, 1.165) is 57.8 Å². The standard InChI is InChI=1S/C40H41N5O7S3/c1-41-53(46,47)39-9-7-6-8-34(39)40-32-16-12-28(44-20-18-26-10-14-30(24-35(26)44)54(48,49)42(2)3)22-37(32)52-38-23-29(13-17-33(38)40)45-21-19-27-11-15-31(25-36(27)45)55(50,51)43(4)5/h6-17,22-25,40-41H,18-21H2,1-5H3. The van der Waals surface area contributed by atoms with E-state index < -0.39 is 36.0 Å². The summed E-state index contributed by atoms with van der Waals surface area (Å²) >= 11 is 0. The van der Waals surface area contributed by atoms with Gasteiger partial charge in [0, 0.05) is 93.2 Å². The lowest BCUT2D eigenvalue weighted by atomic mass is 9.82. The summed E-state index contributed by atoms with van der Waals surface area (Å²) in [5, 5.41) is 0. The summed E-state index contributed by atoms with van der Waals surface area (Å²) in [7, 11) is -3.74. The number of hydrogen-bond acceptors (Lipinski definition) is 9. The van der Waals surface area contributed by atoms with Gasteiger partial charge in [-0.3, -0.25) is 0 Å². The van der Waals surface area contributed by atoms with Crippen molar-refractivity contribution in [1.29, 1.82) is 0 Å². The second-order valence-electron chi connectivity index (χ2n) is 14.2. The summed E-state index contributed by atoms with van der Waals surface area (Å²) in [5.74, 6) is 0.553. The van der Waals surface area contributed by atoms with Crippen LogP contribution < -0.4 is 19.3 Å². The second kappa shape index (κ2) is 13.5. The monoisotopic (exact) mass is 799 g/mol. The molecule has 5 aromatic rings. The molecule has 12 nitrogen and oxygen atoms in total. The van der Waals surface area contributed by atoms with Crippen molar-refractivity contribution in [3.05, 3.63) is 125 Å². The number of nitrogens with zero attached hydrogens (tertiary/aromatic N) is 4. The first-order chi connectivity index (χ1) is 26.1. The van der Waals surface area contributed by atoms with E-state index in [9.17, 15) is 25.3 Å². The molecule has 8 rings (SSSR count). The third-order valence-corrected chi connectivity index (χ3v) is 15.8. The molecular weight excluding hydrogens is 759 g/mol. The number of benzene rings is 5. The number of anilines is 4. The third-order valence-electron chi connectivity index (χ3n) is 10.7. The Kier molecular flexibility index (Phi) is 9.10. The Hall–Kier alpha value is -4.77. The lowest BCUT2D eigenvalue weighted by Gasteiger charge is -2.32. The predicted molar refractivity (Wildman–Crippen MR) is 213 cm³/mol. The van der Waals surface area contributed by atoms with Crippen molar-refractivity contribution in [1.82, 2.24) is 13.3 Å². The molecule has 0 saturated heterocycles. The van der Waals surface area contributed by atoms with Crippen LogP contribution >= 0.6 is 0 Å². The summed E-state index contributed by atoms with van der Waals surface area (Å²) in [6.07, 6.45) is 1.46. The van der Waals surface area contributed by atoms with Gasteiger partial charge in [-0.1, -0.05) is 42.5 Å². The van der Waals surface area contributed by atoms with Crippen molar-refractivity contribution in [3.8, 4) is 11.5 Å². The van der Waals surface area contributed by atoms with Crippen LogP contribution in [-0.2, 0) is 42.9 Å². The third kappa shape index (κ3) is 6.19. The maximum atomic E-state index is 13.4. The van der Waals surface area contributed by atoms with E-state index in [0.29, 0.717) is 30.2 Å². The average molecular weight is 800 g/mol. The summed E-state index contributed by atoms with van der Waals surface area (Å²) in [6, 6.07) is 29.1. The van der Waals surface area contributed by atoms with E-state index in [1.54, 1.807) is 36.4 Å². The number of sulfonamides is 3. The van der Waals surface area contributed by atoms with Crippen LogP contribution in [0.4, 0.5) is 22.7 Å². The number of rotatable bonds is 9. The molecule has 3 aliphatic rings. The Morgan fingerprint density at radius 2 is 1.07 bits per heavy atom. The molecule has 55 heavy (non-hydrogen) atoms. The molecule has 0 bridgehead atoms. The molecule has 286 valence electrons. The highest BCUT2D eigenvalue weighted by molar-refractivity contribution is 7.89. The molecule has 1 N–H and O–H groups in total. The zero-order chi connectivity index (χ0) is 39.0. The topological polar surface area (TPSA) is 137 Å². The van der Waals surface area contributed by atoms with Gasteiger partial charge in [-0.15, -0.1) is 0 Å².